The number of anilines is 1. The summed E-state index contributed by atoms with van der Waals surface area (Å²) in [5.74, 6) is 0.574. The van der Waals surface area contributed by atoms with Crippen LogP contribution in [-0.2, 0) is 16.1 Å². The standard InChI is InChI=1S/C23H30FN3O3/c1-2-11-27(22(28)17-7-3-4-8-17)16-19-21(18-9-5-6-10-20(18)24)25-30-23(19)26-12-14-29-15-13-26/h5-6,9-10,17H,2-4,7-8,11-16H2,1H3. The summed E-state index contributed by atoms with van der Waals surface area (Å²) in [6.45, 7) is 5.70. The highest BCUT2D eigenvalue weighted by Crippen LogP contribution is 2.35. The van der Waals surface area contributed by atoms with Crippen LogP contribution >= 0.6 is 0 Å². The van der Waals surface area contributed by atoms with Gasteiger partial charge in [0.15, 0.2) is 0 Å². The van der Waals surface area contributed by atoms with E-state index in [4.69, 9.17) is 9.26 Å². The van der Waals surface area contributed by atoms with Crippen LogP contribution in [0.25, 0.3) is 11.3 Å². The second-order valence-electron chi connectivity index (χ2n) is 8.14. The van der Waals surface area contributed by atoms with Crippen LogP contribution in [0.15, 0.2) is 28.8 Å². The number of ether oxygens (including phenoxy) is 1. The maximum absolute atomic E-state index is 14.6. The van der Waals surface area contributed by atoms with Gasteiger partial charge in [0.2, 0.25) is 11.8 Å². The summed E-state index contributed by atoms with van der Waals surface area (Å²) >= 11 is 0. The SMILES string of the molecule is CCCN(Cc1c(-c2ccccc2F)noc1N1CCOCC1)C(=O)C1CCCC1. The van der Waals surface area contributed by atoms with Gasteiger partial charge in [0.1, 0.15) is 11.5 Å². The Balaban J connectivity index is 1.70. The van der Waals surface area contributed by atoms with Crippen LogP contribution in [-0.4, -0.2) is 48.8 Å². The first-order valence-electron chi connectivity index (χ1n) is 11.0. The number of nitrogens with zero attached hydrogens (tertiary/aromatic N) is 3. The lowest BCUT2D eigenvalue weighted by molar-refractivity contribution is -0.136. The molecule has 2 fully saturated rings. The van der Waals surface area contributed by atoms with Gasteiger partial charge in [-0.15, -0.1) is 0 Å². The minimum Gasteiger partial charge on any atom is -0.378 e. The lowest BCUT2D eigenvalue weighted by atomic mass is 10.0. The molecule has 6 nitrogen and oxygen atoms in total. The molecule has 0 N–H and O–H groups in total. The lowest BCUT2D eigenvalue weighted by Crippen LogP contribution is -2.38. The van der Waals surface area contributed by atoms with Crippen LogP contribution in [0.3, 0.4) is 0 Å². The summed E-state index contributed by atoms with van der Waals surface area (Å²) in [6, 6.07) is 6.59. The molecule has 4 rings (SSSR count). The van der Waals surface area contributed by atoms with Gasteiger partial charge in [0.25, 0.3) is 0 Å². The van der Waals surface area contributed by atoms with Gasteiger partial charge in [-0.1, -0.05) is 37.1 Å². The Labute approximate surface area is 177 Å². The van der Waals surface area contributed by atoms with Gasteiger partial charge < -0.3 is 19.1 Å². The summed E-state index contributed by atoms with van der Waals surface area (Å²) in [7, 11) is 0. The van der Waals surface area contributed by atoms with Crippen molar-refractivity contribution in [3.05, 3.63) is 35.6 Å². The topological polar surface area (TPSA) is 58.8 Å². The van der Waals surface area contributed by atoms with E-state index in [1.165, 1.54) is 6.07 Å². The number of hydrogen-bond donors (Lipinski definition) is 0. The molecule has 1 aliphatic carbocycles. The first-order valence-corrected chi connectivity index (χ1v) is 11.0. The van der Waals surface area contributed by atoms with E-state index in [-0.39, 0.29) is 17.6 Å². The molecule has 0 bridgehead atoms. The van der Waals surface area contributed by atoms with Crippen molar-refractivity contribution >= 4 is 11.8 Å². The number of halogens is 1. The second-order valence-corrected chi connectivity index (χ2v) is 8.14. The van der Waals surface area contributed by atoms with E-state index >= 15 is 0 Å². The number of carbonyl (C=O) groups excluding carboxylic acids is 1. The Hall–Kier alpha value is -2.41. The van der Waals surface area contributed by atoms with Crippen molar-refractivity contribution in [3.8, 4) is 11.3 Å². The van der Waals surface area contributed by atoms with Crippen LogP contribution in [0.1, 0.15) is 44.6 Å². The Morgan fingerprint density at radius 2 is 1.97 bits per heavy atom. The van der Waals surface area contributed by atoms with E-state index in [9.17, 15) is 9.18 Å². The Morgan fingerprint density at radius 1 is 1.23 bits per heavy atom. The van der Waals surface area contributed by atoms with Gasteiger partial charge in [0.05, 0.1) is 25.3 Å². The van der Waals surface area contributed by atoms with E-state index in [1.807, 2.05) is 4.90 Å². The molecule has 0 radical (unpaired) electrons. The highest BCUT2D eigenvalue weighted by molar-refractivity contribution is 5.80. The molecular weight excluding hydrogens is 385 g/mol. The zero-order valence-electron chi connectivity index (χ0n) is 17.6. The van der Waals surface area contributed by atoms with Crippen molar-refractivity contribution in [1.29, 1.82) is 0 Å². The van der Waals surface area contributed by atoms with Crippen LogP contribution in [0.2, 0.25) is 0 Å². The maximum atomic E-state index is 14.6. The molecule has 2 heterocycles. The predicted octanol–water partition coefficient (Wildman–Crippen LogP) is 4.25. The highest BCUT2D eigenvalue weighted by atomic mass is 19.1. The van der Waals surface area contributed by atoms with Crippen molar-refractivity contribution in [1.82, 2.24) is 10.1 Å². The molecule has 1 aliphatic heterocycles. The van der Waals surface area contributed by atoms with Crippen molar-refractivity contribution in [2.75, 3.05) is 37.7 Å². The summed E-state index contributed by atoms with van der Waals surface area (Å²) in [5, 5.41) is 4.26. The molecule has 1 saturated heterocycles. The van der Waals surface area contributed by atoms with Gasteiger partial charge >= 0.3 is 0 Å². The number of rotatable bonds is 7. The number of amides is 1. The fraction of sp³-hybridized carbons (Fsp3) is 0.565. The third-order valence-electron chi connectivity index (χ3n) is 6.05. The first kappa shape index (κ1) is 20.8. The number of benzene rings is 1. The Morgan fingerprint density at radius 3 is 2.67 bits per heavy atom. The van der Waals surface area contributed by atoms with Crippen molar-refractivity contribution in [3.63, 3.8) is 0 Å². The van der Waals surface area contributed by atoms with Crippen molar-refractivity contribution in [2.24, 2.45) is 5.92 Å². The van der Waals surface area contributed by atoms with Gasteiger partial charge in [0, 0.05) is 31.1 Å². The van der Waals surface area contributed by atoms with Crippen LogP contribution in [0, 0.1) is 11.7 Å². The average Bonchev–Trinajstić information content (AvgIpc) is 3.44. The molecule has 162 valence electrons. The summed E-state index contributed by atoms with van der Waals surface area (Å²) in [5.41, 5.74) is 1.66. The molecule has 1 saturated carbocycles. The minimum atomic E-state index is -0.343. The smallest absolute Gasteiger partial charge is 0.233 e. The summed E-state index contributed by atoms with van der Waals surface area (Å²) < 4.78 is 25.8. The molecule has 0 spiro atoms. The van der Waals surface area contributed by atoms with E-state index in [2.05, 4.69) is 17.0 Å². The molecule has 2 aromatic rings. The normalized spacial score (nSPS) is 17.5. The minimum absolute atomic E-state index is 0.0974. The average molecular weight is 416 g/mol. The monoisotopic (exact) mass is 415 g/mol. The largest absolute Gasteiger partial charge is 0.378 e. The number of morpholine rings is 1. The van der Waals surface area contributed by atoms with Gasteiger partial charge in [-0.05, 0) is 31.4 Å². The Kier molecular flexibility index (Phi) is 6.67. The highest BCUT2D eigenvalue weighted by Gasteiger charge is 2.31. The number of aromatic nitrogens is 1. The van der Waals surface area contributed by atoms with Crippen molar-refractivity contribution < 1.29 is 18.4 Å². The maximum Gasteiger partial charge on any atom is 0.233 e. The quantitative estimate of drug-likeness (QED) is 0.677. The molecule has 0 atom stereocenters. The fourth-order valence-corrected chi connectivity index (χ4v) is 4.48. The molecule has 1 amide bonds. The van der Waals surface area contributed by atoms with Gasteiger partial charge in [-0.25, -0.2) is 4.39 Å². The fourth-order valence-electron chi connectivity index (χ4n) is 4.48. The van der Waals surface area contributed by atoms with Gasteiger partial charge in [-0.3, -0.25) is 4.79 Å². The third kappa shape index (κ3) is 4.36. The van der Waals surface area contributed by atoms with Crippen LogP contribution in [0.4, 0.5) is 10.3 Å². The van der Waals surface area contributed by atoms with E-state index in [0.717, 1.165) is 37.7 Å². The van der Waals surface area contributed by atoms with E-state index in [0.29, 0.717) is 56.5 Å². The second kappa shape index (κ2) is 9.60. The number of carbonyl (C=O) groups is 1. The third-order valence-corrected chi connectivity index (χ3v) is 6.05. The molecule has 1 aromatic heterocycles. The molecule has 30 heavy (non-hydrogen) atoms. The molecule has 0 unspecified atom stereocenters. The molecular formula is C23H30FN3O3. The predicted molar refractivity (Wildman–Crippen MR) is 113 cm³/mol. The summed E-state index contributed by atoms with van der Waals surface area (Å²) in [4.78, 5) is 17.2. The summed E-state index contributed by atoms with van der Waals surface area (Å²) in [6.07, 6.45) is 5.01. The molecule has 1 aromatic carbocycles. The lowest BCUT2D eigenvalue weighted by Gasteiger charge is -2.29. The molecule has 2 aliphatic rings. The Bertz CT molecular complexity index is 857. The number of hydrogen-bond acceptors (Lipinski definition) is 5. The van der Waals surface area contributed by atoms with Crippen molar-refractivity contribution in [2.45, 2.75) is 45.6 Å². The van der Waals surface area contributed by atoms with Gasteiger partial charge in [-0.2, -0.15) is 0 Å². The van der Waals surface area contributed by atoms with Crippen LogP contribution in [0.5, 0.6) is 0 Å². The first-order chi connectivity index (χ1) is 14.7. The zero-order valence-corrected chi connectivity index (χ0v) is 17.6. The van der Waals surface area contributed by atoms with Crippen LogP contribution < -0.4 is 4.90 Å². The van der Waals surface area contributed by atoms with E-state index in [1.54, 1.807) is 18.2 Å². The van der Waals surface area contributed by atoms with E-state index < -0.39 is 0 Å². The molecule has 7 heteroatoms. The zero-order chi connectivity index (χ0) is 20.9.